The number of benzene rings is 1. The number of nitrogens with two attached hydrogens (primary N) is 1. The minimum Gasteiger partial charge on any atom is -0.346 e. The van der Waals surface area contributed by atoms with Gasteiger partial charge in [-0.15, -0.1) is 12.4 Å². The second-order valence-corrected chi connectivity index (χ2v) is 5.63. The maximum atomic E-state index is 12.0. The van der Waals surface area contributed by atoms with Crippen LogP contribution < -0.4 is 21.7 Å². The summed E-state index contributed by atoms with van der Waals surface area (Å²) in [5.41, 5.74) is 6.32. The summed E-state index contributed by atoms with van der Waals surface area (Å²) in [4.78, 5) is 35.4. The van der Waals surface area contributed by atoms with Gasteiger partial charge in [-0.05, 0) is 25.0 Å². The highest BCUT2D eigenvalue weighted by Crippen LogP contribution is 2.05. The number of hydrogen-bond acceptors (Lipinski definition) is 4. The van der Waals surface area contributed by atoms with E-state index in [-0.39, 0.29) is 30.8 Å². The molecule has 134 valence electrons. The van der Waals surface area contributed by atoms with Crippen LogP contribution in [0.3, 0.4) is 0 Å². The SMILES string of the molecule is CC(NC(=O)CNC(=O)[C@@H](N)C(C)C)C(=O)Nc1ccccc1.Cl. The molecule has 0 saturated carbocycles. The summed E-state index contributed by atoms with van der Waals surface area (Å²) >= 11 is 0. The van der Waals surface area contributed by atoms with Crippen molar-refractivity contribution in [1.29, 1.82) is 0 Å². The number of para-hydroxylation sites is 1. The van der Waals surface area contributed by atoms with Gasteiger partial charge in [-0.2, -0.15) is 0 Å². The van der Waals surface area contributed by atoms with Crippen LogP contribution in [0.25, 0.3) is 0 Å². The van der Waals surface area contributed by atoms with E-state index in [2.05, 4.69) is 16.0 Å². The summed E-state index contributed by atoms with van der Waals surface area (Å²) < 4.78 is 0. The first-order valence-corrected chi connectivity index (χ1v) is 7.49. The summed E-state index contributed by atoms with van der Waals surface area (Å²) in [6, 6.07) is 7.55. The van der Waals surface area contributed by atoms with E-state index in [4.69, 9.17) is 5.73 Å². The van der Waals surface area contributed by atoms with Crippen LogP contribution in [0.4, 0.5) is 5.69 Å². The van der Waals surface area contributed by atoms with E-state index in [0.29, 0.717) is 5.69 Å². The Hall–Kier alpha value is -2.12. The molecule has 3 amide bonds. The monoisotopic (exact) mass is 356 g/mol. The van der Waals surface area contributed by atoms with E-state index in [1.807, 2.05) is 19.9 Å². The maximum Gasteiger partial charge on any atom is 0.246 e. The summed E-state index contributed by atoms with van der Waals surface area (Å²) in [5.74, 6) is -1.20. The molecular formula is C16H25ClN4O3. The average molecular weight is 357 g/mol. The van der Waals surface area contributed by atoms with Crippen LogP contribution in [0, 0.1) is 5.92 Å². The number of hydrogen-bond donors (Lipinski definition) is 4. The lowest BCUT2D eigenvalue weighted by Gasteiger charge is -2.17. The first-order chi connectivity index (χ1) is 10.8. The molecule has 0 aliphatic carbocycles. The van der Waals surface area contributed by atoms with Crippen molar-refractivity contribution in [3.63, 3.8) is 0 Å². The number of amides is 3. The lowest BCUT2D eigenvalue weighted by atomic mass is 10.1. The average Bonchev–Trinajstić information content (AvgIpc) is 2.52. The molecular weight excluding hydrogens is 332 g/mol. The number of nitrogens with one attached hydrogen (secondary N) is 3. The molecule has 0 fully saturated rings. The molecule has 0 saturated heterocycles. The van der Waals surface area contributed by atoms with Gasteiger partial charge >= 0.3 is 0 Å². The predicted molar refractivity (Wildman–Crippen MR) is 95.7 cm³/mol. The topological polar surface area (TPSA) is 113 Å². The van der Waals surface area contributed by atoms with Crippen LogP contribution in [0.15, 0.2) is 30.3 Å². The number of rotatable bonds is 7. The van der Waals surface area contributed by atoms with Crippen LogP contribution in [-0.2, 0) is 14.4 Å². The fraction of sp³-hybridized carbons (Fsp3) is 0.438. The molecule has 7 nitrogen and oxygen atoms in total. The van der Waals surface area contributed by atoms with Crippen LogP contribution in [0.2, 0.25) is 0 Å². The van der Waals surface area contributed by atoms with Gasteiger partial charge in [0.25, 0.3) is 0 Å². The molecule has 1 aromatic carbocycles. The highest BCUT2D eigenvalue weighted by molar-refractivity contribution is 5.97. The third kappa shape index (κ3) is 7.43. The van der Waals surface area contributed by atoms with Gasteiger partial charge in [0.2, 0.25) is 17.7 Å². The van der Waals surface area contributed by atoms with E-state index in [1.54, 1.807) is 31.2 Å². The normalized spacial score (nSPS) is 12.5. The molecule has 0 aliphatic heterocycles. The molecule has 0 heterocycles. The molecule has 0 aromatic heterocycles. The van der Waals surface area contributed by atoms with Crippen LogP contribution in [0.1, 0.15) is 20.8 Å². The van der Waals surface area contributed by atoms with Gasteiger partial charge in [-0.25, -0.2) is 0 Å². The minimum atomic E-state index is -0.724. The largest absolute Gasteiger partial charge is 0.346 e. The summed E-state index contributed by atoms with van der Waals surface area (Å²) in [6.07, 6.45) is 0. The molecule has 5 N–H and O–H groups in total. The van der Waals surface area contributed by atoms with Crippen LogP contribution >= 0.6 is 12.4 Å². The first-order valence-electron chi connectivity index (χ1n) is 7.49. The van der Waals surface area contributed by atoms with Crippen molar-refractivity contribution in [2.75, 3.05) is 11.9 Å². The minimum absolute atomic E-state index is 0. The highest BCUT2D eigenvalue weighted by atomic mass is 35.5. The Balaban J connectivity index is 0.00000529. The van der Waals surface area contributed by atoms with Gasteiger partial charge in [-0.3, -0.25) is 14.4 Å². The molecule has 1 rings (SSSR count). The predicted octanol–water partition coefficient (Wildman–Crippen LogP) is 0.651. The summed E-state index contributed by atoms with van der Waals surface area (Å²) in [5, 5.41) is 7.65. The van der Waals surface area contributed by atoms with E-state index < -0.39 is 23.9 Å². The van der Waals surface area contributed by atoms with E-state index in [9.17, 15) is 14.4 Å². The number of carbonyl (C=O) groups is 3. The molecule has 1 aromatic rings. The second kappa shape index (κ2) is 10.6. The lowest BCUT2D eigenvalue weighted by molar-refractivity contribution is -0.128. The molecule has 24 heavy (non-hydrogen) atoms. The third-order valence-corrected chi connectivity index (χ3v) is 3.26. The van der Waals surface area contributed by atoms with Gasteiger partial charge in [-0.1, -0.05) is 32.0 Å². The Morgan fingerprint density at radius 1 is 1.04 bits per heavy atom. The lowest BCUT2D eigenvalue weighted by Crippen LogP contribution is -2.49. The second-order valence-electron chi connectivity index (χ2n) is 5.63. The molecule has 2 atom stereocenters. The van der Waals surface area contributed by atoms with Crippen molar-refractivity contribution < 1.29 is 14.4 Å². The molecule has 8 heteroatoms. The van der Waals surface area contributed by atoms with Crippen LogP contribution in [0.5, 0.6) is 0 Å². The Morgan fingerprint density at radius 3 is 2.17 bits per heavy atom. The van der Waals surface area contributed by atoms with E-state index >= 15 is 0 Å². The molecule has 1 unspecified atom stereocenters. The van der Waals surface area contributed by atoms with Crippen molar-refractivity contribution in [1.82, 2.24) is 10.6 Å². The molecule has 0 bridgehead atoms. The Morgan fingerprint density at radius 2 is 1.62 bits per heavy atom. The Labute approximate surface area is 148 Å². The molecule has 0 spiro atoms. The molecule has 0 radical (unpaired) electrons. The van der Waals surface area contributed by atoms with Gasteiger partial charge in [0.15, 0.2) is 0 Å². The number of halogens is 1. The van der Waals surface area contributed by atoms with Crippen LogP contribution in [-0.4, -0.2) is 36.3 Å². The van der Waals surface area contributed by atoms with Crippen molar-refractivity contribution >= 4 is 35.8 Å². The zero-order valence-corrected chi connectivity index (χ0v) is 14.9. The summed E-state index contributed by atoms with van der Waals surface area (Å²) in [6.45, 7) is 4.99. The quantitative estimate of drug-likeness (QED) is 0.574. The zero-order valence-electron chi connectivity index (χ0n) is 14.0. The number of carbonyl (C=O) groups excluding carboxylic acids is 3. The van der Waals surface area contributed by atoms with Gasteiger partial charge in [0.05, 0.1) is 12.6 Å². The standard InChI is InChI=1S/C16H24N4O3.ClH/c1-10(2)14(17)16(23)18-9-13(21)19-11(3)15(22)20-12-7-5-4-6-8-12;/h4-8,10-11,14H,9,17H2,1-3H3,(H,18,23)(H,19,21)(H,20,22);1H/t11?,14-;/m0./s1. The van der Waals surface area contributed by atoms with Crippen molar-refractivity contribution in [2.45, 2.75) is 32.9 Å². The van der Waals surface area contributed by atoms with Gasteiger partial charge < -0.3 is 21.7 Å². The van der Waals surface area contributed by atoms with E-state index in [0.717, 1.165) is 0 Å². The highest BCUT2D eigenvalue weighted by Gasteiger charge is 2.19. The third-order valence-electron chi connectivity index (χ3n) is 3.26. The maximum absolute atomic E-state index is 12.0. The Kier molecular flexibility index (Phi) is 9.68. The van der Waals surface area contributed by atoms with Crippen molar-refractivity contribution in [3.05, 3.63) is 30.3 Å². The smallest absolute Gasteiger partial charge is 0.246 e. The van der Waals surface area contributed by atoms with Gasteiger partial charge in [0.1, 0.15) is 6.04 Å². The summed E-state index contributed by atoms with van der Waals surface area (Å²) in [7, 11) is 0. The fourth-order valence-electron chi connectivity index (χ4n) is 1.72. The van der Waals surface area contributed by atoms with Gasteiger partial charge in [0, 0.05) is 5.69 Å². The Bertz CT molecular complexity index is 552. The van der Waals surface area contributed by atoms with E-state index in [1.165, 1.54) is 0 Å². The first kappa shape index (κ1) is 21.9. The molecule has 0 aliphatic rings. The number of anilines is 1. The zero-order chi connectivity index (χ0) is 17.4. The fourth-order valence-corrected chi connectivity index (χ4v) is 1.72. The van der Waals surface area contributed by atoms with Crippen molar-refractivity contribution in [2.24, 2.45) is 11.7 Å². The van der Waals surface area contributed by atoms with Crippen molar-refractivity contribution in [3.8, 4) is 0 Å².